The molecule has 0 amide bonds. The lowest BCUT2D eigenvalue weighted by atomic mass is 10.2. The van der Waals surface area contributed by atoms with Gasteiger partial charge in [0.1, 0.15) is 5.82 Å². The summed E-state index contributed by atoms with van der Waals surface area (Å²) in [5.74, 6) is 0.334. The van der Waals surface area contributed by atoms with Gasteiger partial charge in [-0.25, -0.2) is 0 Å². The molecule has 0 aliphatic rings. The van der Waals surface area contributed by atoms with Crippen LogP contribution in [0.5, 0.6) is 0 Å². The lowest BCUT2D eigenvalue weighted by molar-refractivity contribution is 1.27. The van der Waals surface area contributed by atoms with Gasteiger partial charge < -0.3 is 10.7 Å². The second kappa shape index (κ2) is 3.09. The summed E-state index contributed by atoms with van der Waals surface area (Å²) in [4.78, 5) is 14.0. The zero-order chi connectivity index (χ0) is 9.14. The molecular formula is C9H10N2O. The molecule has 1 aromatic heterocycles. The van der Waals surface area contributed by atoms with Crippen molar-refractivity contribution in [3.63, 3.8) is 0 Å². The molecule has 0 saturated heterocycles. The van der Waals surface area contributed by atoms with Gasteiger partial charge in [0, 0.05) is 11.6 Å². The molecule has 0 saturated carbocycles. The summed E-state index contributed by atoms with van der Waals surface area (Å²) in [6.45, 7) is 7.07. The first-order chi connectivity index (χ1) is 5.69. The standard InChI is InChI=1S/C9H10N2O/c1-3-6-7(4-2)11-9(10)5-8(6)12/h3-5H,1-2H2,(H3,10,11,12). The number of hydrogen-bond donors (Lipinski definition) is 2. The molecule has 12 heavy (non-hydrogen) atoms. The van der Waals surface area contributed by atoms with Gasteiger partial charge in [0.25, 0.3) is 0 Å². The second-order valence-corrected chi connectivity index (χ2v) is 2.32. The van der Waals surface area contributed by atoms with Crippen LogP contribution in [-0.4, -0.2) is 4.98 Å². The Morgan fingerprint density at radius 2 is 2.08 bits per heavy atom. The maximum Gasteiger partial charge on any atom is 0.191 e. The molecule has 62 valence electrons. The molecule has 0 spiro atoms. The van der Waals surface area contributed by atoms with Crippen LogP contribution < -0.4 is 11.2 Å². The van der Waals surface area contributed by atoms with Crippen molar-refractivity contribution < 1.29 is 0 Å². The quantitative estimate of drug-likeness (QED) is 0.687. The van der Waals surface area contributed by atoms with E-state index in [-0.39, 0.29) is 5.43 Å². The van der Waals surface area contributed by atoms with Gasteiger partial charge in [-0.3, -0.25) is 4.79 Å². The number of nitrogen functional groups attached to an aromatic ring is 1. The van der Waals surface area contributed by atoms with Gasteiger partial charge in [0.05, 0.1) is 5.69 Å². The minimum atomic E-state index is -0.142. The molecule has 3 N–H and O–H groups in total. The maximum atomic E-state index is 11.2. The fourth-order valence-electron chi connectivity index (χ4n) is 0.982. The molecule has 1 aromatic rings. The van der Waals surface area contributed by atoms with Crippen LogP contribution in [0.4, 0.5) is 5.82 Å². The topological polar surface area (TPSA) is 58.9 Å². The number of aromatic amines is 1. The molecule has 3 nitrogen and oxygen atoms in total. The van der Waals surface area contributed by atoms with Crippen molar-refractivity contribution in [2.75, 3.05) is 5.73 Å². The molecule has 3 heteroatoms. The minimum absolute atomic E-state index is 0.142. The van der Waals surface area contributed by atoms with Crippen LogP contribution in [0.3, 0.4) is 0 Å². The molecule has 0 bridgehead atoms. The summed E-state index contributed by atoms with van der Waals surface area (Å²) in [6.07, 6.45) is 3.02. The molecule has 0 fully saturated rings. The molecule has 1 heterocycles. The first kappa shape index (κ1) is 8.33. The Balaban J connectivity index is 3.54. The highest BCUT2D eigenvalue weighted by atomic mass is 16.1. The Bertz CT molecular complexity index is 377. The predicted octanol–water partition coefficient (Wildman–Crippen LogP) is 1.24. The maximum absolute atomic E-state index is 11.2. The Morgan fingerprint density at radius 3 is 2.58 bits per heavy atom. The second-order valence-electron chi connectivity index (χ2n) is 2.32. The Labute approximate surface area is 70.2 Å². The zero-order valence-electron chi connectivity index (χ0n) is 6.63. The molecule has 0 atom stereocenters. The van der Waals surface area contributed by atoms with Crippen molar-refractivity contribution in [1.29, 1.82) is 0 Å². The van der Waals surface area contributed by atoms with Gasteiger partial charge in [0.15, 0.2) is 5.43 Å². The van der Waals surface area contributed by atoms with Crippen molar-refractivity contribution >= 4 is 18.0 Å². The highest BCUT2D eigenvalue weighted by Crippen LogP contribution is 2.05. The smallest absolute Gasteiger partial charge is 0.191 e. The molecule has 0 aliphatic carbocycles. The van der Waals surface area contributed by atoms with Crippen LogP contribution >= 0.6 is 0 Å². The van der Waals surface area contributed by atoms with E-state index in [0.29, 0.717) is 17.1 Å². The van der Waals surface area contributed by atoms with Gasteiger partial charge in [-0.15, -0.1) is 0 Å². The molecule has 0 radical (unpaired) electrons. The van der Waals surface area contributed by atoms with Gasteiger partial charge >= 0.3 is 0 Å². The van der Waals surface area contributed by atoms with Crippen LogP contribution in [0.25, 0.3) is 12.2 Å². The summed E-state index contributed by atoms with van der Waals surface area (Å²) in [5, 5.41) is 0. The summed E-state index contributed by atoms with van der Waals surface area (Å²) in [5.41, 5.74) is 6.38. The summed E-state index contributed by atoms with van der Waals surface area (Å²) < 4.78 is 0. The van der Waals surface area contributed by atoms with Crippen LogP contribution in [0, 0.1) is 0 Å². The van der Waals surface area contributed by atoms with E-state index >= 15 is 0 Å². The van der Waals surface area contributed by atoms with E-state index in [9.17, 15) is 4.79 Å². The van der Waals surface area contributed by atoms with Crippen LogP contribution in [0.15, 0.2) is 24.0 Å². The average molecular weight is 162 g/mol. The van der Waals surface area contributed by atoms with E-state index in [4.69, 9.17) is 5.73 Å². The van der Waals surface area contributed by atoms with E-state index in [1.165, 1.54) is 18.2 Å². The van der Waals surface area contributed by atoms with E-state index in [0.717, 1.165) is 0 Å². The van der Waals surface area contributed by atoms with Gasteiger partial charge in [-0.05, 0) is 6.08 Å². The van der Waals surface area contributed by atoms with Crippen LogP contribution in [0.2, 0.25) is 0 Å². The SMILES string of the molecule is C=Cc1[nH]c(N)cc(=O)c1C=C. The van der Waals surface area contributed by atoms with Crippen molar-refractivity contribution in [2.45, 2.75) is 0 Å². The number of aromatic nitrogens is 1. The zero-order valence-corrected chi connectivity index (χ0v) is 6.63. The number of pyridine rings is 1. The fourth-order valence-corrected chi connectivity index (χ4v) is 0.982. The largest absolute Gasteiger partial charge is 0.385 e. The van der Waals surface area contributed by atoms with Gasteiger partial charge in [0.2, 0.25) is 0 Å². The lowest BCUT2D eigenvalue weighted by Crippen LogP contribution is -2.09. The van der Waals surface area contributed by atoms with Crippen molar-refractivity contribution in [3.05, 3.63) is 40.7 Å². The van der Waals surface area contributed by atoms with E-state index in [2.05, 4.69) is 18.1 Å². The fraction of sp³-hybridized carbons (Fsp3) is 0. The van der Waals surface area contributed by atoms with E-state index < -0.39 is 0 Å². The number of nitrogens with one attached hydrogen (secondary N) is 1. The van der Waals surface area contributed by atoms with E-state index in [1.807, 2.05) is 0 Å². The molecule has 0 unspecified atom stereocenters. The van der Waals surface area contributed by atoms with Crippen molar-refractivity contribution in [3.8, 4) is 0 Å². The number of anilines is 1. The summed E-state index contributed by atoms with van der Waals surface area (Å²) >= 11 is 0. The van der Waals surface area contributed by atoms with Gasteiger partial charge in [-0.1, -0.05) is 19.2 Å². The average Bonchev–Trinajstić information content (AvgIpc) is 2.03. The first-order valence-corrected chi connectivity index (χ1v) is 3.46. The normalized spacial score (nSPS) is 9.33. The van der Waals surface area contributed by atoms with Crippen LogP contribution in [-0.2, 0) is 0 Å². The van der Waals surface area contributed by atoms with Crippen molar-refractivity contribution in [1.82, 2.24) is 4.98 Å². The number of H-pyrrole nitrogens is 1. The molecule has 1 rings (SSSR count). The molecule has 0 aromatic carbocycles. The third kappa shape index (κ3) is 1.29. The van der Waals surface area contributed by atoms with Gasteiger partial charge in [-0.2, -0.15) is 0 Å². The highest BCUT2D eigenvalue weighted by molar-refractivity contribution is 5.62. The Kier molecular flexibility index (Phi) is 2.14. The predicted molar refractivity (Wildman–Crippen MR) is 51.7 cm³/mol. The summed E-state index contributed by atoms with van der Waals surface area (Å²) in [7, 11) is 0. The lowest BCUT2D eigenvalue weighted by Gasteiger charge is -2.01. The molecule has 0 aliphatic heterocycles. The Hall–Kier alpha value is -1.77. The van der Waals surface area contributed by atoms with E-state index in [1.54, 1.807) is 0 Å². The third-order valence-electron chi connectivity index (χ3n) is 1.53. The first-order valence-electron chi connectivity index (χ1n) is 3.46. The number of rotatable bonds is 2. The third-order valence-corrected chi connectivity index (χ3v) is 1.53. The summed E-state index contributed by atoms with van der Waals surface area (Å²) in [6, 6.07) is 1.32. The number of hydrogen-bond acceptors (Lipinski definition) is 2. The minimum Gasteiger partial charge on any atom is -0.385 e. The highest BCUT2D eigenvalue weighted by Gasteiger charge is 2.00. The van der Waals surface area contributed by atoms with Crippen molar-refractivity contribution in [2.24, 2.45) is 0 Å². The molecular weight excluding hydrogens is 152 g/mol. The Morgan fingerprint density at radius 1 is 1.42 bits per heavy atom. The number of nitrogens with two attached hydrogens (primary N) is 1. The monoisotopic (exact) mass is 162 g/mol. The van der Waals surface area contributed by atoms with Crippen LogP contribution in [0.1, 0.15) is 11.3 Å².